The summed E-state index contributed by atoms with van der Waals surface area (Å²) in [5.41, 5.74) is 1.34. The van der Waals surface area contributed by atoms with Crippen molar-refractivity contribution in [2.75, 3.05) is 6.54 Å². The summed E-state index contributed by atoms with van der Waals surface area (Å²) in [6.45, 7) is 4.72. The van der Waals surface area contributed by atoms with Gasteiger partial charge in [-0.2, -0.15) is 10.1 Å². The smallest absolute Gasteiger partial charge is 0.258 e. The Labute approximate surface area is 149 Å². The van der Waals surface area contributed by atoms with E-state index in [2.05, 4.69) is 20.3 Å². The zero-order valence-corrected chi connectivity index (χ0v) is 14.9. The van der Waals surface area contributed by atoms with Gasteiger partial charge in [0.2, 0.25) is 5.89 Å². The van der Waals surface area contributed by atoms with Gasteiger partial charge in [-0.25, -0.2) is 0 Å². The molecule has 130 valence electrons. The Morgan fingerprint density at radius 1 is 1.48 bits per heavy atom. The van der Waals surface area contributed by atoms with Gasteiger partial charge in [0, 0.05) is 12.5 Å². The van der Waals surface area contributed by atoms with Crippen LogP contribution >= 0.6 is 11.3 Å². The number of nitrogens with one attached hydrogen (secondary N) is 1. The molecule has 0 aromatic carbocycles. The third-order valence-corrected chi connectivity index (χ3v) is 5.30. The summed E-state index contributed by atoms with van der Waals surface area (Å²) in [4.78, 5) is 20.4. The molecule has 1 unspecified atom stereocenters. The molecule has 1 aliphatic heterocycles. The number of hydrogen-bond acceptors (Lipinski definition) is 6. The lowest BCUT2D eigenvalue weighted by atomic mass is 10.1. The first-order valence-corrected chi connectivity index (χ1v) is 9.25. The molecule has 8 heteroatoms. The van der Waals surface area contributed by atoms with E-state index >= 15 is 0 Å². The standard InChI is InChI=1S/C17H19N5O2S/c1-10(2)15-19-16(24-21-15)12-5-3-7-22(12)17(23)11-9-18-20-14(11)13-6-4-8-25-13/h4,6,8-10,12H,3,5,7H2,1-2H3,(H,18,20). The summed E-state index contributed by atoms with van der Waals surface area (Å²) in [5, 5.41) is 13.0. The summed E-state index contributed by atoms with van der Waals surface area (Å²) in [7, 11) is 0. The molecule has 0 bridgehead atoms. The fourth-order valence-corrected chi connectivity index (χ4v) is 3.83. The lowest BCUT2D eigenvalue weighted by Gasteiger charge is -2.21. The van der Waals surface area contributed by atoms with Gasteiger partial charge in [-0.1, -0.05) is 25.1 Å². The van der Waals surface area contributed by atoms with Crippen molar-refractivity contribution in [3.8, 4) is 10.6 Å². The molecule has 1 fully saturated rings. The van der Waals surface area contributed by atoms with E-state index in [0.29, 0.717) is 23.8 Å². The van der Waals surface area contributed by atoms with Crippen molar-refractivity contribution in [1.29, 1.82) is 0 Å². The van der Waals surface area contributed by atoms with Crippen LogP contribution in [0.15, 0.2) is 28.2 Å². The summed E-state index contributed by atoms with van der Waals surface area (Å²) >= 11 is 1.58. The van der Waals surface area contributed by atoms with Gasteiger partial charge in [0.15, 0.2) is 5.82 Å². The summed E-state index contributed by atoms with van der Waals surface area (Å²) in [5.74, 6) is 1.35. The van der Waals surface area contributed by atoms with Gasteiger partial charge in [-0.15, -0.1) is 11.3 Å². The quantitative estimate of drug-likeness (QED) is 0.770. The first-order chi connectivity index (χ1) is 12.1. The first-order valence-electron chi connectivity index (χ1n) is 8.37. The average Bonchev–Trinajstić information content (AvgIpc) is 3.41. The fourth-order valence-electron chi connectivity index (χ4n) is 3.10. The molecule has 0 saturated carbocycles. The first kappa shape index (κ1) is 16.0. The van der Waals surface area contributed by atoms with Crippen molar-refractivity contribution >= 4 is 17.2 Å². The Morgan fingerprint density at radius 3 is 3.08 bits per heavy atom. The van der Waals surface area contributed by atoms with Gasteiger partial charge >= 0.3 is 0 Å². The molecule has 3 aromatic rings. The van der Waals surface area contributed by atoms with Crippen LogP contribution in [-0.2, 0) is 0 Å². The highest BCUT2D eigenvalue weighted by molar-refractivity contribution is 7.13. The van der Waals surface area contributed by atoms with E-state index in [0.717, 1.165) is 23.4 Å². The van der Waals surface area contributed by atoms with Crippen LogP contribution in [0.3, 0.4) is 0 Å². The maximum Gasteiger partial charge on any atom is 0.258 e. The molecule has 4 heterocycles. The molecule has 1 saturated heterocycles. The second-order valence-electron chi connectivity index (χ2n) is 6.44. The Bertz CT molecular complexity index is 867. The van der Waals surface area contributed by atoms with Crippen LogP contribution in [0.5, 0.6) is 0 Å². The lowest BCUT2D eigenvalue weighted by Crippen LogP contribution is -2.30. The van der Waals surface area contributed by atoms with Crippen molar-refractivity contribution in [1.82, 2.24) is 25.2 Å². The van der Waals surface area contributed by atoms with Gasteiger partial charge < -0.3 is 9.42 Å². The van der Waals surface area contributed by atoms with Crippen LogP contribution in [-0.4, -0.2) is 37.7 Å². The van der Waals surface area contributed by atoms with E-state index in [-0.39, 0.29) is 17.9 Å². The van der Waals surface area contributed by atoms with Crippen LogP contribution < -0.4 is 0 Å². The lowest BCUT2D eigenvalue weighted by molar-refractivity contribution is 0.0711. The highest BCUT2D eigenvalue weighted by atomic mass is 32.1. The van der Waals surface area contributed by atoms with Crippen molar-refractivity contribution in [3.63, 3.8) is 0 Å². The van der Waals surface area contributed by atoms with Crippen molar-refractivity contribution < 1.29 is 9.32 Å². The molecule has 4 rings (SSSR count). The number of H-pyrrole nitrogens is 1. The minimum Gasteiger partial charge on any atom is -0.337 e. The highest BCUT2D eigenvalue weighted by Gasteiger charge is 2.36. The normalized spacial score (nSPS) is 17.6. The second-order valence-corrected chi connectivity index (χ2v) is 7.39. The zero-order chi connectivity index (χ0) is 17.4. The number of aromatic nitrogens is 4. The van der Waals surface area contributed by atoms with Gasteiger partial charge in [0.25, 0.3) is 5.91 Å². The summed E-state index contributed by atoms with van der Waals surface area (Å²) in [6.07, 6.45) is 3.35. The second kappa shape index (κ2) is 6.44. The van der Waals surface area contributed by atoms with Crippen LogP contribution in [0, 0.1) is 0 Å². The minimum atomic E-state index is -0.168. The Hall–Kier alpha value is -2.48. The SMILES string of the molecule is CC(C)c1noc(C2CCCN2C(=O)c2cn[nH]c2-c2cccs2)n1. The number of rotatable bonds is 4. The number of thiophene rings is 1. The molecular weight excluding hydrogens is 338 g/mol. The van der Waals surface area contributed by atoms with Crippen LogP contribution in [0.4, 0.5) is 0 Å². The molecule has 0 radical (unpaired) electrons. The monoisotopic (exact) mass is 357 g/mol. The van der Waals surface area contributed by atoms with Gasteiger partial charge in [-0.3, -0.25) is 9.89 Å². The van der Waals surface area contributed by atoms with Gasteiger partial charge in [-0.05, 0) is 24.3 Å². The molecule has 1 aliphatic rings. The summed E-state index contributed by atoms with van der Waals surface area (Å²) < 4.78 is 5.43. The van der Waals surface area contributed by atoms with E-state index < -0.39 is 0 Å². The average molecular weight is 357 g/mol. The molecule has 25 heavy (non-hydrogen) atoms. The number of amides is 1. The van der Waals surface area contributed by atoms with E-state index in [1.165, 1.54) is 0 Å². The van der Waals surface area contributed by atoms with Crippen LogP contribution in [0.2, 0.25) is 0 Å². The van der Waals surface area contributed by atoms with Crippen LogP contribution in [0.25, 0.3) is 10.6 Å². The fraction of sp³-hybridized carbons (Fsp3) is 0.412. The number of hydrogen-bond donors (Lipinski definition) is 1. The number of likely N-dealkylation sites (tertiary alicyclic amines) is 1. The molecule has 3 aromatic heterocycles. The number of carbonyl (C=O) groups excluding carboxylic acids is 1. The number of nitrogens with zero attached hydrogens (tertiary/aromatic N) is 4. The molecule has 0 aliphatic carbocycles. The Balaban J connectivity index is 1.62. The third kappa shape index (κ3) is 2.86. The largest absolute Gasteiger partial charge is 0.337 e. The minimum absolute atomic E-state index is 0.0519. The highest BCUT2D eigenvalue weighted by Crippen LogP contribution is 2.34. The van der Waals surface area contributed by atoms with Gasteiger partial charge in [0.05, 0.1) is 22.3 Å². The molecular formula is C17H19N5O2S. The van der Waals surface area contributed by atoms with Gasteiger partial charge in [0.1, 0.15) is 6.04 Å². The maximum atomic E-state index is 13.1. The topological polar surface area (TPSA) is 87.9 Å². The molecule has 7 nitrogen and oxygen atoms in total. The molecule has 1 N–H and O–H groups in total. The van der Waals surface area contributed by atoms with E-state index in [1.54, 1.807) is 17.5 Å². The Kier molecular flexibility index (Phi) is 4.12. The number of carbonyl (C=O) groups is 1. The van der Waals surface area contributed by atoms with Crippen LogP contribution in [0.1, 0.15) is 60.7 Å². The van der Waals surface area contributed by atoms with Crippen molar-refractivity contribution in [2.24, 2.45) is 0 Å². The Morgan fingerprint density at radius 2 is 2.36 bits per heavy atom. The van der Waals surface area contributed by atoms with E-state index in [1.807, 2.05) is 36.3 Å². The molecule has 1 atom stereocenters. The van der Waals surface area contributed by atoms with Crippen molar-refractivity contribution in [2.45, 2.75) is 38.6 Å². The van der Waals surface area contributed by atoms with Crippen molar-refractivity contribution in [3.05, 3.63) is 41.0 Å². The molecule has 1 amide bonds. The predicted octanol–water partition coefficient (Wildman–Crippen LogP) is 3.62. The number of aromatic amines is 1. The summed E-state index contributed by atoms with van der Waals surface area (Å²) in [6, 6.07) is 3.77. The van der Waals surface area contributed by atoms with E-state index in [9.17, 15) is 4.79 Å². The third-order valence-electron chi connectivity index (χ3n) is 4.41. The zero-order valence-electron chi connectivity index (χ0n) is 14.1. The maximum absolute atomic E-state index is 13.1. The van der Waals surface area contributed by atoms with E-state index in [4.69, 9.17) is 4.52 Å². The molecule has 0 spiro atoms. The predicted molar refractivity (Wildman–Crippen MR) is 93.3 cm³/mol.